The van der Waals surface area contributed by atoms with Crippen molar-refractivity contribution in [3.8, 4) is 17.6 Å². The van der Waals surface area contributed by atoms with Crippen LogP contribution in [0.5, 0.6) is 11.5 Å². The van der Waals surface area contributed by atoms with Crippen LogP contribution in [0.1, 0.15) is 43.0 Å². The van der Waals surface area contributed by atoms with E-state index in [0.717, 1.165) is 22.2 Å². The van der Waals surface area contributed by atoms with Crippen LogP contribution >= 0.6 is 27.5 Å². The van der Waals surface area contributed by atoms with E-state index < -0.39 is 11.7 Å². The molecular formula is C30H20BrClF3NO4. The Hall–Kier alpha value is -4.13. The van der Waals surface area contributed by atoms with E-state index in [2.05, 4.69) is 22.0 Å². The number of aldehydes is 2. The fourth-order valence-corrected chi connectivity index (χ4v) is 3.83. The molecule has 0 atom stereocenters. The van der Waals surface area contributed by atoms with Gasteiger partial charge in [-0.1, -0.05) is 51.8 Å². The van der Waals surface area contributed by atoms with Crippen molar-refractivity contribution in [2.75, 3.05) is 0 Å². The molecule has 0 heterocycles. The summed E-state index contributed by atoms with van der Waals surface area (Å²) >= 11 is 9.04. The Morgan fingerprint density at radius 1 is 0.775 bits per heavy atom. The second-order valence-electron chi connectivity index (χ2n) is 8.18. The van der Waals surface area contributed by atoms with Crippen LogP contribution in [-0.2, 0) is 19.4 Å². The molecule has 4 aromatic rings. The number of nitriles is 1. The molecule has 0 amide bonds. The second kappa shape index (κ2) is 14.3. The van der Waals surface area contributed by atoms with E-state index >= 15 is 0 Å². The molecule has 0 aliphatic heterocycles. The number of benzene rings is 4. The van der Waals surface area contributed by atoms with E-state index in [9.17, 15) is 22.8 Å². The number of halogens is 5. The van der Waals surface area contributed by atoms with Crippen molar-refractivity contribution < 1.29 is 32.2 Å². The van der Waals surface area contributed by atoms with Crippen LogP contribution in [0.4, 0.5) is 13.2 Å². The topological polar surface area (TPSA) is 76.4 Å². The van der Waals surface area contributed by atoms with E-state index in [0.29, 0.717) is 58.0 Å². The molecule has 0 aliphatic rings. The third-order valence-electron chi connectivity index (χ3n) is 5.35. The molecule has 4 aromatic carbocycles. The van der Waals surface area contributed by atoms with Gasteiger partial charge in [0.25, 0.3) is 0 Å². The van der Waals surface area contributed by atoms with Gasteiger partial charge in [0.1, 0.15) is 24.7 Å². The first-order valence-electron chi connectivity index (χ1n) is 11.5. The van der Waals surface area contributed by atoms with Crippen LogP contribution in [0, 0.1) is 11.3 Å². The summed E-state index contributed by atoms with van der Waals surface area (Å²) in [7, 11) is 0. The zero-order valence-corrected chi connectivity index (χ0v) is 23.0. The van der Waals surface area contributed by atoms with Crippen molar-refractivity contribution in [3.63, 3.8) is 0 Å². The minimum atomic E-state index is -4.35. The summed E-state index contributed by atoms with van der Waals surface area (Å²) in [5.74, 6) is 0.872. The molecular weight excluding hydrogens is 611 g/mol. The molecule has 0 bridgehead atoms. The van der Waals surface area contributed by atoms with Crippen molar-refractivity contribution in [1.29, 1.82) is 5.26 Å². The summed E-state index contributed by atoms with van der Waals surface area (Å²) in [5, 5.41) is 9.19. The van der Waals surface area contributed by atoms with Gasteiger partial charge in [-0.05, 0) is 71.8 Å². The zero-order chi connectivity index (χ0) is 29.1. The van der Waals surface area contributed by atoms with Crippen LogP contribution in [0.3, 0.4) is 0 Å². The molecule has 204 valence electrons. The monoisotopic (exact) mass is 629 g/mol. The predicted octanol–water partition coefficient (Wildman–Crippen LogP) is 8.46. The molecule has 4 rings (SSSR count). The fourth-order valence-electron chi connectivity index (χ4n) is 3.27. The molecule has 10 heteroatoms. The average Bonchev–Trinajstić information content (AvgIpc) is 2.96. The van der Waals surface area contributed by atoms with Crippen molar-refractivity contribution in [2.24, 2.45) is 0 Å². The molecule has 0 radical (unpaired) electrons. The molecule has 40 heavy (non-hydrogen) atoms. The van der Waals surface area contributed by atoms with Crippen molar-refractivity contribution in [3.05, 3.63) is 128 Å². The van der Waals surface area contributed by atoms with E-state index in [-0.39, 0.29) is 6.61 Å². The molecule has 0 N–H and O–H groups in total. The largest absolute Gasteiger partial charge is 0.488 e. The highest BCUT2D eigenvalue weighted by molar-refractivity contribution is 9.10. The standard InChI is InChI=1S/C15H10BrF3O2.C15H10ClNO2/c16-13-5-6-14(11(7-13)8-20)21-9-10-1-3-12(4-2-10)15(17,18)19;16-14-5-6-15(13(7-14)9-18)19-10-12-3-1-11(8-17)2-4-12/h1-8H,9H2;1-7,9H,10H2. The Balaban J connectivity index is 0.000000222. The molecule has 0 saturated heterocycles. The lowest BCUT2D eigenvalue weighted by Gasteiger charge is -2.10. The average molecular weight is 631 g/mol. The van der Waals surface area contributed by atoms with Gasteiger partial charge in [-0.15, -0.1) is 0 Å². The summed E-state index contributed by atoms with van der Waals surface area (Å²) < 4.78 is 49.1. The van der Waals surface area contributed by atoms with Gasteiger partial charge in [-0.25, -0.2) is 0 Å². The minimum absolute atomic E-state index is 0.0839. The van der Waals surface area contributed by atoms with Crippen LogP contribution in [-0.4, -0.2) is 12.6 Å². The molecule has 0 saturated carbocycles. The summed E-state index contributed by atoms with van der Waals surface area (Å²) in [6, 6.07) is 23.7. The van der Waals surface area contributed by atoms with Gasteiger partial charge in [0.15, 0.2) is 12.6 Å². The second-order valence-corrected chi connectivity index (χ2v) is 9.53. The highest BCUT2D eigenvalue weighted by atomic mass is 79.9. The molecule has 0 spiro atoms. The first-order chi connectivity index (χ1) is 19.1. The van der Waals surface area contributed by atoms with Crippen LogP contribution in [0.2, 0.25) is 5.02 Å². The Kier molecular flexibility index (Phi) is 10.9. The molecule has 0 aliphatic carbocycles. The van der Waals surface area contributed by atoms with Crippen LogP contribution < -0.4 is 9.47 Å². The zero-order valence-electron chi connectivity index (χ0n) is 20.6. The third kappa shape index (κ3) is 8.97. The summed E-state index contributed by atoms with van der Waals surface area (Å²) in [5.41, 5.74) is 2.19. The predicted molar refractivity (Wildman–Crippen MR) is 148 cm³/mol. The van der Waals surface area contributed by atoms with Crippen LogP contribution in [0.15, 0.2) is 89.4 Å². The van der Waals surface area contributed by atoms with E-state index in [1.807, 2.05) is 12.1 Å². The highest BCUT2D eigenvalue weighted by Crippen LogP contribution is 2.29. The maximum atomic E-state index is 12.4. The molecule has 0 aromatic heterocycles. The first kappa shape index (κ1) is 30.4. The van der Waals surface area contributed by atoms with Gasteiger partial charge in [0.05, 0.1) is 28.3 Å². The van der Waals surface area contributed by atoms with Gasteiger partial charge < -0.3 is 9.47 Å². The number of ether oxygens (including phenoxy) is 2. The Morgan fingerprint density at radius 3 is 1.77 bits per heavy atom. The smallest absolute Gasteiger partial charge is 0.416 e. The number of hydrogen-bond donors (Lipinski definition) is 0. The van der Waals surface area contributed by atoms with Crippen molar-refractivity contribution in [1.82, 2.24) is 0 Å². The first-order valence-corrected chi connectivity index (χ1v) is 12.7. The number of alkyl halides is 3. The van der Waals surface area contributed by atoms with Gasteiger partial charge in [-0.2, -0.15) is 18.4 Å². The lowest BCUT2D eigenvalue weighted by atomic mass is 10.1. The van der Waals surface area contributed by atoms with Gasteiger partial charge in [0, 0.05) is 9.50 Å². The molecule has 0 fully saturated rings. The quantitative estimate of drug-likeness (QED) is 0.183. The number of carbonyl (C=O) groups is 2. The van der Waals surface area contributed by atoms with E-state index in [1.54, 1.807) is 48.5 Å². The number of nitrogens with zero attached hydrogens (tertiary/aromatic N) is 1. The summed E-state index contributed by atoms with van der Waals surface area (Å²) in [4.78, 5) is 21.8. The van der Waals surface area contributed by atoms with Crippen molar-refractivity contribution in [2.45, 2.75) is 19.4 Å². The molecule has 5 nitrogen and oxygen atoms in total. The number of hydrogen-bond acceptors (Lipinski definition) is 5. The van der Waals surface area contributed by atoms with Gasteiger partial charge >= 0.3 is 6.18 Å². The normalized spacial score (nSPS) is 10.5. The van der Waals surface area contributed by atoms with Gasteiger partial charge in [0.2, 0.25) is 0 Å². The number of rotatable bonds is 8. The van der Waals surface area contributed by atoms with Gasteiger partial charge in [-0.3, -0.25) is 9.59 Å². The van der Waals surface area contributed by atoms with E-state index in [4.69, 9.17) is 26.3 Å². The Labute approximate surface area is 241 Å². The minimum Gasteiger partial charge on any atom is -0.488 e. The highest BCUT2D eigenvalue weighted by Gasteiger charge is 2.29. The Morgan fingerprint density at radius 2 is 1.27 bits per heavy atom. The third-order valence-corrected chi connectivity index (χ3v) is 6.08. The van der Waals surface area contributed by atoms with E-state index in [1.165, 1.54) is 12.1 Å². The SMILES string of the molecule is N#Cc1ccc(COc2ccc(Cl)cc2C=O)cc1.O=Cc1cc(Br)ccc1OCc1ccc(C(F)(F)F)cc1. The summed E-state index contributed by atoms with van der Waals surface area (Å²) in [6.07, 6.45) is -2.98. The number of carbonyl (C=O) groups excluding carboxylic acids is 2. The lowest BCUT2D eigenvalue weighted by molar-refractivity contribution is -0.137. The Bertz CT molecular complexity index is 1500. The molecule has 0 unspecified atom stereocenters. The lowest BCUT2D eigenvalue weighted by Crippen LogP contribution is -2.05. The van der Waals surface area contributed by atoms with Crippen molar-refractivity contribution >= 4 is 40.1 Å². The maximum Gasteiger partial charge on any atom is 0.416 e. The fraction of sp³-hybridized carbons (Fsp3) is 0.100. The maximum absolute atomic E-state index is 12.4. The summed E-state index contributed by atoms with van der Waals surface area (Å²) in [6.45, 7) is 0.411. The van der Waals surface area contributed by atoms with Crippen LogP contribution in [0.25, 0.3) is 0 Å².